The van der Waals surface area contributed by atoms with Crippen molar-refractivity contribution >= 4 is 40.3 Å². The predicted molar refractivity (Wildman–Crippen MR) is 140 cm³/mol. The Hall–Kier alpha value is -4.01. The van der Waals surface area contributed by atoms with Crippen molar-refractivity contribution in [1.82, 2.24) is 15.2 Å². The number of pyridine rings is 1. The second kappa shape index (κ2) is 13.8. The number of hydrogen-bond donors (Lipinski definition) is 2. The molecule has 0 saturated carbocycles. The number of nitrogens with one attached hydrogen (secondary N) is 2. The van der Waals surface area contributed by atoms with Gasteiger partial charge in [0, 0.05) is 41.7 Å². The lowest BCUT2D eigenvalue weighted by Gasteiger charge is -2.28. The maximum atomic E-state index is 12.8. The van der Waals surface area contributed by atoms with E-state index in [1.165, 1.54) is 4.90 Å². The molecule has 2 aromatic carbocycles. The summed E-state index contributed by atoms with van der Waals surface area (Å²) in [6.45, 7) is 0.610. The Labute approximate surface area is 214 Å². The van der Waals surface area contributed by atoms with Crippen molar-refractivity contribution in [3.8, 4) is 0 Å². The van der Waals surface area contributed by atoms with Gasteiger partial charge in [0.15, 0.2) is 0 Å². The van der Waals surface area contributed by atoms with Crippen molar-refractivity contribution in [1.29, 1.82) is 0 Å². The van der Waals surface area contributed by atoms with Gasteiger partial charge in [0.25, 0.3) is 0 Å². The van der Waals surface area contributed by atoms with Gasteiger partial charge in [-0.3, -0.25) is 5.32 Å². The number of likely N-dealkylation sites (N-methyl/N-ethyl adjacent to an activating group) is 1. The summed E-state index contributed by atoms with van der Waals surface area (Å²) in [5.41, 5.74) is 9.25. The number of halogens is 1. The molecule has 3 aromatic rings. The van der Waals surface area contributed by atoms with E-state index in [1.54, 1.807) is 25.4 Å². The van der Waals surface area contributed by atoms with Gasteiger partial charge in [0.2, 0.25) is 0 Å². The monoisotopic (exact) mass is 509 g/mol. The number of azide groups is 1. The van der Waals surface area contributed by atoms with E-state index < -0.39 is 12.1 Å². The molecule has 1 atom stereocenters. The third kappa shape index (κ3) is 8.04. The molecule has 0 radical (unpaired) electrons. The topological polar surface area (TPSA) is 132 Å². The van der Waals surface area contributed by atoms with Crippen LogP contribution in [0.15, 0.2) is 65.9 Å². The molecule has 2 N–H and O–H groups in total. The molecule has 36 heavy (non-hydrogen) atoms. The van der Waals surface area contributed by atoms with Crippen LogP contribution in [0.1, 0.15) is 24.8 Å². The Bertz CT molecular complexity index is 1230. The number of amides is 3. The number of anilines is 1. The Morgan fingerprint density at radius 3 is 2.69 bits per heavy atom. The Morgan fingerprint density at radius 1 is 1.17 bits per heavy atom. The van der Waals surface area contributed by atoms with E-state index in [1.807, 2.05) is 42.5 Å². The number of urea groups is 1. The van der Waals surface area contributed by atoms with Gasteiger partial charge >= 0.3 is 12.1 Å². The fourth-order valence-electron chi connectivity index (χ4n) is 3.56. The van der Waals surface area contributed by atoms with Gasteiger partial charge in [-0.15, -0.1) is 0 Å². The van der Waals surface area contributed by atoms with Crippen LogP contribution in [0.4, 0.5) is 15.4 Å². The van der Waals surface area contributed by atoms with Crippen molar-refractivity contribution < 1.29 is 14.3 Å². The summed E-state index contributed by atoms with van der Waals surface area (Å²) in [7, 11) is 1.65. The second-order valence-corrected chi connectivity index (χ2v) is 8.51. The van der Waals surface area contributed by atoms with Crippen molar-refractivity contribution in [2.24, 2.45) is 5.11 Å². The van der Waals surface area contributed by atoms with Gasteiger partial charge < -0.3 is 15.0 Å². The molecule has 3 rings (SSSR count). The minimum Gasteiger partial charge on any atom is -0.447 e. The van der Waals surface area contributed by atoms with Crippen LogP contribution < -0.4 is 10.6 Å². The van der Waals surface area contributed by atoms with Crippen LogP contribution in [0.25, 0.3) is 21.2 Å². The molecule has 0 aliphatic heterocycles. The standard InChI is InChI=1S/C25H28ClN7O3/c1-33(24(34)29-16-20-10-4-5-12-22(20)26)21(11-6-7-13-30-32-27)17-36-25(35)31-23-14-18-8-2-3-9-19(18)15-28-23/h2-5,8-10,12,14-15,21H,6-7,11,13,16-17H2,1H3,(H,29,34)(H,28,31,35)/t21-/m0/s1. The predicted octanol–water partition coefficient (Wildman–Crippen LogP) is 6.13. The van der Waals surface area contributed by atoms with Crippen molar-refractivity contribution in [2.75, 3.05) is 25.5 Å². The minimum atomic E-state index is -0.665. The first-order valence-corrected chi connectivity index (χ1v) is 11.9. The maximum absolute atomic E-state index is 12.8. The normalized spacial score (nSPS) is 11.3. The summed E-state index contributed by atoms with van der Waals surface area (Å²) in [6.07, 6.45) is 2.90. The van der Waals surface area contributed by atoms with Crippen molar-refractivity contribution in [3.63, 3.8) is 0 Å². The van der Waals surface area contributed by atoms with Crippen molar-refractivity contribution in [3.05, 3.63) is 81.8 Å². The molecule has 188 valence electrons. The summed E-state index contributed by atoms with van der Waals surface area (Å²) in [5.74, 6) is 0.371. The van der Waals surface area contributed by atoms with Gasteiger partial charge in [-0.1, -0.05) is 65.6 Å². The van der Waals surface area contributed by atoms with E-state index in [-0.39, 0.29) is 19.2 Å². The van der Waals surface area contributed by atoms with Crippen LogP contribution in [0.2, 0.25) is 5.02 Å². The van der Waals surface area contributed by atoms with Crippen LogP contribution in [-0.4, -0.2) is 48.2 Å². The largest absolute Gasteiger partial charge is 0.447 e. The zero-order valence-electron chi connectivity index (χ0n) is 19.9. The van der Waals surface area contributed by atoms with Gasteiger partial charge in [-0.25, -0.2) is 14.6 Å². The Kier molecular flexibility index (Phi) is 10.2. The van der Waals surface area contributed by atoms with E-state index in [0.717, 1.165) is 16.3 Å². The molecule has 0 unspecified atom stereocenters. The number of aromatic nitrogens is 1. The third-order valence-corrected chi connectivity index (χ3v) is 6.00. The van der Waals surface area contributed by atoms with Crippen LogP contribution >= 0.6 is 11.6 Å². The molecule has 10 nitrogen and oxygen atoms in total. The number of hydrogen-bond acceptors (Lipinski definition) is 5. The highest BCUT2D eigenvalue weighted by molar-refractivity contribution is 6.31. The SMILES string of the molecule is CN(C(=O)NCc1ccccc1Cl)[C@@H](CCCCN=[N+]=[N-])COC(=O)Nc1cc2ccccc2cn1. The van der Waals surface area contributed by atoms with Crippen molar-refractivity contribution in [2.45, 2.75) is 31.8 Å². The molecule has 0 saturated heterocycles. The molecular formula is C25H28ClN7O3. The first-order valence-electron chi connectivity index (χ1n) is 11.5. The molecule has 0 fully saturated rings. The average molecular weight is 510 g/mol. The highest BCUT2D eigenvalue weighted by Gasteiger charge is 2.22. The summed E-state index contributed by atoms with van der Waals surface area (Å²) in [5, 5.41) is 11.5. The van der Waals surface area contributed by atoms with E-state index in [9.17, 15) is 9.59 Å². The quantitative estimate of drug-likeness (QED) is 0.139. The fourth-order valence-corrected chi connectivity index (χ4v) is 3.77. The minimum absolute atomic E-state index is 0.0169. The number of nitrogens with zero attached hydrogens (tertiary/aromatic N) is 5. The van der Waals surface area contributed by atoms with Gasteiger partial charge in [-0.2, -0.15) is 0 Å². The first-order chi connectivity index (χ1) is 17.5. The molecule has 0 aliphatic carbocycles. The van der Waals surface area contributed by atoms with Crippen LogP contribution in [-0.2, 0) is 11.3 Å². The molecule has 0 spiro atoms. The average Bonchev–Trinajstić information content (AvgIpc) is 2.89. The van der Waals surface area contributed by atoms with Gasteiger partial charge in [0.05, 0.1) is 6.04 Å². The van der Waals surface area contributed by atoms with E-state index in [4.69, 9.17) is 21.9 Å². The number of fused-ring (bicyclic) bond motifs is 1. The van der Waals surface area contributed by atoms with Gasteiger partial charge in [-0.05, 0) is 41.5 Å². The van der Waals surface area contributed by atoms with Crippen LogP contribution in [0.3, 0.4) is 0 Å². The Morgan fingerprint density at radius 2 is 1.92 bits per heavy atom. The summed E-state index contributed by atoms with van der Waals surface area (Å²) in [6, 6.07) is 16.0. The van der Waals surface area contributed by atoms with E-state index in [0.29, 0.717) is 36.6 Å². The zero-order valence-corrected chi connectivity index (χ0v) is 20.7. The molecule has 1 aromatic heterocycles. The summed E-state index contributed by atoms with van der Waals surface area (Å²) < 4.78 is 5.44. The molecular weight excluding hydrogens is 482 g/mol. The molecule has 0 bridgehead atoms. The van der Waals surface area contributed by atoms with E-state index >= 15 is 0 Å². The number of benzene rings is 2. The number of carbonyl (C=O) groups is 2. The number of unbranched alkanes of at least 4 members (excludes halogenated alkanes) is 1. The number of rotatable bonds is 11. The molecule has 11 heteroatoms. The Balaban J connectivity index is 1.57. The smallest absolute Gasteiger partial charge is 0.412 e. The number of ether oxygens (including phenoxy) is 1. The lowest BCUT2D eigenvalue weighted by atomic mass is 10.1. The molecule has 1 heterocycles. The second-order valence-electron chi connectivity index (χ2n) is 8.11. The summed E-state index contributed by atoms with van der Waals surface area (Å²) in [4.78, 5) is 33.7. The molecule has 3 amide bonds. The van der Waals surface area contributed by atoms with E-state index in [2.05, 4.69) is 25.6 Å². The van der Waals surface area contributed by atoms with Crippen LogP contribution in [0.5, 0.6) is 0 Å². The first kappa shape index (κ1) is 26.6. The fraction of sp³-hybridized carbons (Fsp3) is 0.320. The highest BCUT2D eigenvalue weighted by atomic mass is 35.5. The molecule has 0 aliphatic rings. The highest BCUT2D eigenvalue weighted by Crippen LogP contribution is 2.17. The van der Waals surface area contributed by atoms with Gasteiger partial charge in [0.1, 0.15) is 12.4 Å². The lowest BCUT2D eigenvalue weighted by molar-refractivity contribution is 0.113. The third-order valence-electron chi connectivity index (χ3n) is 5.63. The zero-order chi connectivity index (χ0) is 25.8. The lowest BCUT2D eigenvalue weighted by Crippen LogP contribution is -2.46. The summed E-state index contributed by atoms with van der Waals surface area (Å²) >= 11 is 6.17. The maximum Gasteiger partial charge on any atom is 0.412 e. The van der Waals surface area contributed by atoms with Crippen LogP contribution in [0, 0.1) is 0 Å². The number of carbonyl (C=O) groups excluding carboxylic acids is 2.